The third-order valence-electron chi connectivity index (χ3n) is 3.96. The van der Waals surface area contributed by atoms with Gasteiger partial charge in [-0.2, -0.15) is 10.4 Å². The average molecular weight is 346 g/mol. The Labute approximate surface area is 149 Å². The fourth-order valence-corrected chi connectivity index (χ4v) is 2.65. The maximum atomic E-state index is 11.9. The molecular formula is C19H14N4O3. The number of aryl methyl sites for hydroxylation is 1. The number of nitro benzene ring substituents is 1. The molecule has 0 radical (unpaired) electrons. The van der Waals surface area contributed by atoms with Gasteiger partial charge < -0.3 is 0 Å². The summed E-state index contributed by atoms with van der Waals surface area (Å²) < 4.78 is 1.48. The van der Waals surface area contributed by atoms with E-state index in [0.717, 1.165) is 11.1 Å². The van der Waals surface area contributed by atoms with Crippen molar-refractivity contribution in [1.82, 2.24) is 9.78 Å². The molecule has 7 nitrogen and oxygen atoms in total. The number of non-ortho nitro benzene ring substituents is 1. The molecule has 1 heterocycles. The number of nitrogens with zero attached hydrogens (tertiary/aromatic N) is 4. The van der Waals surface area contributed by atoms with Crippen molar-refractivity contribution in [1.29, 1.82) is 5.26 Å². The Hall–Kier alpha value is -3.79. The van der Waals surface area contributed by atoms with Crippen LogP contribution >= 0.6 is 0 Å². The molecule has 26 heavy (non-hydrogen) atoms. The molecule has 2 aromatic carbocycles. The van der Waals surface area contributed by atoms with Crippen LogP contribution in [0.4, 0.5) is 5.69 Å². The molecule has 0 spiro atoms. The van der Waals surface area contributed by atoms with Crippen LogP contribution in [-0.2, 0) is 0 Å². The van der Waals surface area contributed by atoms with E-state index in [4.69, 9.17) is 0 Å². The number of ketones is 1. The monoisotopic (exact) mass is 346 g/mol. The summed E-state index contributed by atoms with van der Waals surface area (Å²) >= 11 is 0. The first-order valence-corrected chi connectivity index (χ1v) is 7.78. The van der Waals surface area contributed by atoms with Crippen LogP contribution in [0.15, 0.2) is 48.5 Å². The highest BCUT2D eigenvalue weighted by atomic mass is 16.6. The number of aromatic nitrogens is 2. The maximum absolute atomic E-state index is 11.9. The largest absolute Gasteiger partial charge is 0.293 e. The number of carbonyl (C=O) groups excluding carboxylic acids is 1. The second-order valence-corrected chi connectivity index (χ2v) is 5.79. The lowest BCUT2D eigenvalue weighted by Gasteiger charge is -2.08. The SMILES string of the molecule is CC(=O)c1nn(-c2ccc([N+](=O)[O-])cc2)c(-c2ccc(C)cc2)c1C#N. The van der Waals surface area contributed by atoms with Gasteiger partial charge in [0.25, 0.3) is 5.69 Å². The van der Waals surface area contributed by atoms with Gasteiger partial charge in [-0.1, -0.05) is 29.8 Å². The minimum atomic E-state index is -0.491. The lowest BCUT2D eigenvalue weighted by Crippen LogP contribution is -2.01. The first-order valence-electron chi connectivity index (χ1n) is 7.78. The molecule has 0 fully saturated rings. The molecule has 3 rings (SSSR count). The summed E-state index contributed by atoms with van der Waals surface area (Å²) in [5.74, 6) is -0.324. The Bertz CT molecular complexity index is 1040. The number of carbonyl (C=O) groups is 1. The number of hydrogen-bond donors (Lipinski definition) is 0. The second-order valence-electron chi connectivity index (χ2n) is 5.79. The van der Waals surface area contributed by atoms with E-state index in [0.29, 0.717) is 11.4 Å². The van der Waals surface area contributed by atoms with Gasteiger partial charge in [-0.3, -0.25) is 14.9 Å². The van der Waals surface area contributed by atoms with Gasteiger partial charge in [0.2, 0.25) is 0 Å². The van der Waals surface area contributed by atoms with Gasteiger partial charge >= 0.3 is 0 Å². The maximum Gasteiger partial charge on any atom is 0.269 e. The molecule has 1 aromatic heterocycles. The standard InChI is InChI=1S/C19H14N4O3/c1-12-3-5-14(6-4-12)19-17(11-20)18(13(2)24)21-22(19)15-7-9-16(10-8-15)23(25)26/h3-10H,1-2H3. The molecule has 0 N–H and O–H groups in total. The van der Waals surface area contributed by atoms with Crippen molar-refractivity contribution in [2.75, 3.05) is 0 Å². The molecule has 3 aromatic rings. The van der Waals surface area contributed by atoms with Gasteiger partial charge in [-0.15, -0.1) is 0 Å². The number of rotatable bonds is 4. The van der Waals surface area contributed by atoms with Crippen molar-refractivity contribution in [3.8, 4) is 23.0 Å². The fourth-order valence-electron chi connectivity index (χ4n) is 2.65. The fraction of sp³-hybridized carbons (Fsp3) is 0.105. The van der Waals surface area contributed by atoms with Gasteiger partial charge in [0.15, 0.2) is 5.78 Å². The summed E-state index contributed by atoms with van der Waals surface area (Å²) in [6.07, 6.45) is 0. The molecule has 0 aliphatic rings. The van der Waals surface area contributed by atoms with Gasteiger partial charge in [-0.05, 0) is 19.1 Å². The molecule has 7 heteroatoms. The predicted octanol–water partition coefficient (Wildman–Crippen LogP) is 3.83. The van der Waals surface area contributed by atoms with Gasteiger partial charge in [0, 0.05) is 24.6 Å². The van der Waals surface area contributed by atoms with Crippen molar-refractivity contribution in [3.05, 3.63) is 75.5 Å². The quantitative estimate of drug-likeness (QED) is 0.406. The van der Waals surface area contributed by atoms with Crippen LogP contribution in [0.25, 0.3) is 16.9 Å². The summed E-state index contributed by atoms with van der Waals surface area (Å²) in [5, 5.41) is 24.8. The summed E-state index contributed by atoms with van der Waals surface area (Å²) in [5.41, 5.74) is 2.99. The van der Waals surface area contributed by atoms with E-state index in [1.807, 2.05) is 31.2 Å². The zero-order valence-electron chi connectivity index (χ0n) is 14.1. The topological polar surface area (TPSA) is 102 Å². The number of hydrogen-bond acceptors (Lipinski definition) is 5. The minimum Gasteiger partial charge on any atom is -0.293 e. The van der Waals surface area contributed by atoms with Gasteiger partial charge in [0.1, 0.15) is 17.3 Å². The van der Waals surface area contributed by atoms with E-state index in [9.17, 15) is 20.2 Å². The highest BCUT2D eigenvalue weighted by molar-refractivity contribution is 5.97. The molecule has 0 aliphatic heterocycles. The molecular weight excluding hydrogens is 332 g/mol. The molecule has 0 bridgehead atoms. The first-order chi connectivity index (χ1) is 12.4. The Morgan fingerprint density at radius 1 is 1.15 bits per heavy atom. The summed E-state index contributed by atoms with van der Waals surface area (Å²) in [6.45, 7) is 3.30. The number of nitriles is 1. The van der Waals surface area contributed by atoms with E-state index < -0.39 is 4.92 Å². The van der Waals surface area contributed by atoms with Crippen LogP contribution in [0.1, 0.15) is 28.5 Å². The highest BCUT2D eigenvalue weighted by Crippen LogP contribution is 2.30. The lowest BCUT2D eigenvalue weighted by atomic mass is 10.0. The van der Waals surface area contributed by atoms with Crippen molar-refractivity contribution >= 4 is 11.5 Å². The Balaban J connectivity index is 2.27. The van der Waals surface area contributed by atoms with Crippen molar-refractivity contribution in [2.45, 2.75) is 13.8 Å². The van der Waals surface area contributed by atoms with Crippen molar-refractivity contribution in [2.24, 2.45) is 0 Å². The molecule has 0 aliphatic carbocycles. The number of Topliss-reactive ketones (excluding diaryl/α,β-unsaturated/α-hetero) is 1. The molecule has 0 amide bonds. The third-order valence-corrected chi connectivity index (χ3v) is 3.96. The van der Waals surface area contributed by atoms with E-state index >= 15 is 0 Å². The third kappa shape index (κ3) is 2.96. The minimum absolute atomic E-state index is 0.0508. The Kier molecular flexibility index (Phi) is 4.33. The lowest BCUT2D eigenvalue weighted by molar-refractivity contribution is -0.384. The van der Waals surface area contributed by atoms with E-state index in [1.54, 1.807) is 0 Å². The van der Waals surface area contributed by atoms with Crippen LogP contribution in [0.2, 0.25) is 0 Å². The van der Waals surface area contributed by atoms with Crippen LogP contribution in [0, 0.1) is 28.4 Å². The zero-order chi connectivity index (χ0) is 18.8. The van der Waals surface area contributed by atoms with Crippen molar-refractivity contribution in [3.63, 3.8) is 0 Å². The predicted molar refractivity (Wildman–Crippen MR) is 95.1 cm³/mol. The number of nitro groups is 1. The van der Waals surface area contributed by atoms with Crippen LogP contribution < -0.4 is 0 Å². The smallest absolute Gasteiger partial charge is 0.269 e. The molecule has 128 valence electrons. The van der Waals surface area contributed by atoms with Crippen LogP contribution in [0.5, 0.6) is 0 Å². The van der Waals surface area contributed by atoms with Crippen LogP contribution in [0.3, 0.4) is 0 Å². The Morgan fingerprint density at radius 2 is 1.77 bits per heavy atom. The molecule has 0 unspecified atom stereocenters. The Morgan fingerprint density at radius 3 is 2.27 bits per heavy atom. The second kappa shape index (κ2) is 6.61. The average Bonchev–Trinajstić information content (AvgIpc) is 3.02. The van der Waals surface area contributed by atoms with Crippen molar-refractivity contribution < 1.29 is 9.72 Å². The van der Waals surface area contributed by atoms with E-state index in [1.165, 1.54) is 35.9 Å². The number of benzene rings is 2. The summed E-state index contributed by atoms with van der Waals surface area (Å²) in [6, 6.07) is 15.3. The highest BCUT2D eigenvalue weighted by Gasteiger charge is 2.23. The molecule has 0 atom stereocenters. The molecule has 0 saturated heterocycles. The first kappa shape index (κ1) is 17.0. The summed E-state index contributed by atoms with van der Waals surface area (Å²) in [7, 11) is 0. The normalized spacial score (nSPS) is 10.3. The van der Waals surface area contributed by atoms with E-state index in [2.05, 4.69) is 11.2 Å². The zero-order valence-corrected chi connectivity index (χ0v) is 14.1. The van der Waals surface area contributed by atoms with Gasteiger partial charge in [0.05, 0.1) is 16.3 Å². The molecule has 0 saturated carbocycles. The summed E-state index contributed by atoms with van der Waals surface area (Å²) in [4.78, 5) is 22.3. The van der Waals surface area contributed by atoms with Gasteiger partial charge in [-0.25, -0.2) is 4.68 Å². The van der Waals surface area contributed by atoms with E-state index in [-0.39, 0.29) is 22.7 Å². The van der Waals surface area contributed by atoms with Crippen LogP contribution in [-0.4, -0.2) is 20.5 Å².